The van der Waals surface area contributed by atoms with Crippen molar-refractivity contribution in [1.82, 2.24) is 15.1 Å². The van der Waals surface area contributed by atoms with Crippen LogP contribution in [0, 0.1) is 12.3 Å². The number of aromatic nitrogens is 2. The third kappa shape index (κ3) is 1.97. The fourth-order valence-electron chi connectivity index (χ4n) is 2.39. The Hall–Kier alpha value is -0.580. The molecule has 0 spiro atoms. The van der Waals surface area contributed by atoms with Crippen LogP contribution >= 0.6 is 11.6 Å². The Balaban J connectivity index is 2.25. The van der Waals surface area contributed by atoms with Gasteiger partial charge in [0.15, 0.2) is 0 Å². The Morgan fingerprint density at radius 1 is 1.62 bits per heavy atom. The van der Waals surface area contributed by atoms with Gasteiger partial charge in [0.1, 0.15) is 5.15 Å². The van der Waals surface area contributed by atoms with Crippen LogP contribution < -0.4 is 5.32 Å². The molecule has 90 valence electrons. The van der Waals surface area contributed by atoms with E-state index in [-0.39, 0.29) is 12.0 Å². The van der Waals surface area contributed by atoms with Gasteiger partial charge in [0.25, 0.3) is 0 Å². The summed E-state index contributed by atoms with van der Waals surface area (Å²) in [6.07, 6.45) is 1.79. The maximum Gasteiger partial charge on any atom is 0.130 e. The highest BCUT2D eigenvalue weighted by molar-refractivity contribution is 6.30. The summed E-state index contributed by atoms with van der Waals surface area (Å²) in [6, 6.07) is 0. The van der Waals surface area contributed by atoms with Gasteiger partial charge in [0.2, 0.25) is 0 Å². The summed E-state index contributed by atoms with van der Waals surface area (Å²) in [5, 5.41) is 17.8. The van der Waals surface area contributed by atoms with E-state index in [9.17, 15) is 5.11 Å². The Morgan fingerprint density at radius 3 is 2.81 bits per heavy atom. The minimum Gasteiger partial charge on any atom is -0.396 e. The number of nitrogens with zero attached hydrogens (tertiary/aromatic N) is 2. The zero-order chi connectivity index (χ0) is 11.8. The second-order valence-electron chi connectivity index (χ2n) is 4.74. The van der Waals surface area contributed by atoms with Crippen LogP contribution in [-0.2, 0) is 13.5 Å². The lowest BCUT2D eigenvalue weighted by Crippen LogP contribution is -2.30. The maximum absolute atomic E-state index is 9.56. The summed E-state index contributed by atoms with van der Waals surface area (Å²) >= 11 is 6.21. The Kier molecular flexibility index (Phi) is 3.24. The second-order valence-corrected chi connectivity index (χ2v) is 5.10. The first kappa shape index (κ1) is 11.9. The summed E-state index contributed by atoms with van der Waals surface area (Å²) in [5.41, 5.74) is 1.98. The van der Waals surface area contributed by atoms with Gasteiger partial charge >= 0.3 is 0 Å². The minimum atomic E-state index is -0.0581. The molecule has 2 rings (SSSR count). The molecule has 0 saturated carbocycles. The number of aryl methyl sites for hydroxylation is 2. The van der Waals surface area contributed by atoms with Crippen molar-refractivity contribution in [3.63, 3.8) is 0 Å². The number of aliphatic hydroxyl groups is 1. The van der Waals surface area contributed by atoms with Crippen LogP contribution in [0.5, 0.6) is 0 Å². The molecule has 4 nitrogen and oxygen atoms in total. The molecule has 1 aromatic rings. The van der Waals surface area contributed by atoms with Gasteiger partial charge in [0, 0.05) is 24.6 Å². The van der Waals surface area contributed by atoms with Crippen LogP contribution in [-0.4, -0.2) is 34.6 Å². The molecule has 1 aliphatic heterocycles. The van der Waals surface area contributed by atoms with Crippen molar-refractivity contribution in [2.45, 2.75) is 19.8 Å². The van der Waals surface area contributed by atoms with E-state index in [1.165, 1.54) is 0 Å². The monoisotopic (exact) mass is 243 g/mol. The molecule has 1 aromatic heterocycles. The molecule has 1 unspecified atom stereocenters. The molecule has 1 aliphatic rings. The zero-order valence-electron chi connectivity index (χ0n) is 9.76. The SMILES string of the molecule is Cc1nn(C)c(Cl)c1CC1(CO)CCNC1. The van der Waals surface area contributed by atoms with Gasteiger partial charge in [0.05, 0.1) is 12.3 Å². The lowest BCUT2D eigenvalue weighted by Gasteiger charge is -2.25. The first-order chi connectivity index (χ1) is 7.58. The van der Waals surface area contributed by atoms with Gasteiger partial charge in [-0.15, -0.1) is 0 Å². The number of hydrogen-bond acceptors (Lipinski definition) is 3. The van der Waals surface area contributed by atoms with E-state index in [0.29, 0.717) is 5.15 Å². The Bertz CT molecular complexity index is 383. The molecule has 5 heteroatoms. The van der Waals surface area contributed by atoms with Crippen molar-refractivity contribution in [3.05, 3.63) is 16.4 Å². The van der Waals surface area contributed by atoms with Crippen molar-refractivity contribution < 1.29 is 5.11 Å². The average molecular weight is 244 g/mol. The number of rotatable bonds is 3. The molecule has 0 amide bonds. The third-order valence-corrected chi connectivity index (χ3v) is 3.96. The predicted octanol–water partition coefficient (Wildman–Crippen LogP) is 0.896. The highest BCUT2D eigenvalue weighted by Gasteiger charge is 2.35. The van der Waals surface area contributed by atoms with Crippen molar-refractivity contribution in [2.24, 2.45) is 12.5 Å². The largest absolute Gasteiger partial charge is 0.396 e. The van der Waals surface area contributed by atoms with E-state index in [4.69, 9.17) is 11.6 Å². The van der Waals surface area contributed by atoms with Crippen LogP contribution in [0.15, 0.2) is 0 Å². The summed E-state index contributed by atoms with van der Waals surface area (Å²) in [6.45, 7) is 3.99. The molecular weight excluding hydrogens is 226 g/mol. The van der Waals surface area contributed by atoms with Crippen molar-refractivity contribution in [2.75, 3.05) is 19.7 Å². The fraction of sp³-hybridized carbons (Fsp3) is 0.727. The Labute approximate surface area is 101 Å². The van der Waals surface area contributed by atoms with Crippen LogP contribution in [0.1, 0.15) is 17.7 Å². The van der Waals surface area contributed by atoms with E-state index < -0.39 is 0 Å². The van der Waals surface area contributed by atoms with Crippen LogP contribution in [0.3, 0.4) is 0 Å². The van der Waals surface area contributed by atoms with E-state index >= 15 is 0 Å². The number of hydrogen-bond donors (Lipinski definition) is 2. The Morgan fingerprint density at radius 2 is 2.38 bits per heavy atom. The molecule has 0 bridgehead atoms. The molecule has 1 fully saturated rings. The predicted molar refractivity (Wildman–Crippen MR) is 63.7 cm³/mol. The number of halogens is 1. The van der Waals surface area contributed by atoms with E-state index in [0.717, 1.165) is 37.2 Å². The quantitative estimate of drug-likeness (QED) is 0.829. The third-order valence-electron chi connectivity index (χ3n) is 3.49. The highest BCUT2D eigenvalue weighted by Crippen LogP contribution is 2.33. The molecule has 0 aromatic carbocycles. The smallest absolute Gasteiger partial charge is 0.130 e. The summed E-state index contributed by atoms with van der Waals surface area (Å²) in [4.78, 5) is 0. The molecule has 2 N–H and O–H groups in total. The van der Waals surface area contributed by atoms with Gasteiger partial charge in [-0.25, -0.2) is 0 Å². The summed E-state index contributed by atoms with van der Waals surface area (Å²) in [5.74, 6) is 0. The lowest BCUT2D eigenvalue weighted by molar-refractivity contribution is 0.142. The molecular formula is C11H18ClN3O. The summed E-state index contributed by atoms with van der Waals surface area (Å²) in [7, 11) is 1.84. The molecule has 1 saturated heterocycles. The van der Waals surface area contributed by atoms with Gasteiger partial charge in [-0.2, -0.15) is 5.10 Å². The molecule has 1 atom stereocenters. The van der Waals surface area contributed by atoms with Crippen LogP contribution in [0.2, 0.25) is 5.15 Å². The standard InChI is InChI=1S/C11H18ClN3O/c1-8-9(10(12)15(2)14-8)5-11(7-16)3-4-13-6-11/h13,16H,3-7H2,1-2H3. The van der Waals surface area contributed by atoms with Gasteiger partial charge < -0.3 is 10.4 Å². The van der Waals surface area contributed by atoms with Crippen LogP contribution in [0.4, 0.5) is 0 Å². The van der Waals surface area contributed by atoms with Crippen molar-refractivity contribution >= 4 is 11.6 Å². The fourth-order valence-corrected chi connectivity index (χ4v) is 2.63. The van der Waals surface area contributed by atoms with Crippen molar-refractivity contribution in [1.29, 1.82) is 0 Å². The van der Waals surface area contributed by atoms with E-state index in [1.54, 1.807) is 4.68 Å². The van der Waals surface area contributed by atoms with Gasteiger partial charge in [-0.1, -0.05) is 11.6 Å². The van der Waals surface area contributed by atoms with E-state index in [1.807, 2.05) is 14.0 Å². The van der Waals surface area contributed by atoms with Crippen LogP contribution in [0.25, 0.3) is 0 Å². The molecule has 16 heavy (non-hydrogen) atoms. The van der Waals surface area contributed by atoms with Crippen molar-refractivity contribution in [3.8, 4) is 0 Å². The molecule has 0 radical (unpaired) electrons. The maximum atomic E-state index is 9.56. The number of aliphatic hydroxyl groups excluding tert-OH is 1. The topological polar surface area (TPSA) is 50.1 Å². The first-order valence-electron chi connectivity index (χ1n) is 5.57. The van der Waals surface area contributed by atoms with Gasteiger partial charge in [-0.3, -0.25) is 4.68 Å². The molecule has 2 heterocycles. The molecule has 0 aliphatic carbocycles. The number of nitrogens with one attached hydrogen (secondary N) is 1. The average Bonchev–Trinajstić information content (AvgIpc) is 2.81. The summed E-state index contributed by atoms with van der Waals surface area (Å²) < 4.78 is 1.69. The second kappa shape index (κ2) is 4.35. The normalized spacial score (nSPS) is 25.2. The van der Waals surface area contributed by atoms with E-state index in [2.05, 4.69) is 10.4 Å². The highest BCUT2D eigenvalue weighted by atomic mass is 35.5. The minimum absolute atomic E-state index is 0.0581. The first-order valence-corrected chi connectivity index (χ1v) is 5.95. The lowest BCUT2D eigenvalue weighted by atomic mass is 9.82. The zero-order valence-corrected chi connectivity index (χ0v) is 10.5. The van der Waals surface area contributed by atoms with Gasteiger partial charge in [-0.05, 0) is 26.3 Å².